The van der Waals surface area contributed by atoms with Gasteiger partial charge in [-0.2, -0.15) is 0 Å². The zero-order valence-corrected chi connectivity index (χ0v) is 10.7. The summed E-state index contributed by atoms with van der Waals surface area (Å²) in [7, 11) is 0. The van der Waals surface area contributed by atoms with Crippen LogP contribution in [0.25, 0.3) is 0 Å². The van der Waals surface area contributed by atoms with E-state index in [1.165, 1.54) is 0 Å². The van der Waals surface area contributed by atoms with Crippen molar-refractivity contribution < 1.29 is 9.84 Å². The molecule has 0 spiro atoms. The molecule has 18 heavy (non-hydrogen) atoms. The minimum Gasteiger partial charge on any atom is -0.494 e. The van der Waals surface area contributed by atoms with E-state index in [0.29, 0.717) is 12.5 Å². The Morgan fingerprint density at radius 1 is 1.33 bits per heavy atom. The van der Waals surface area contributed by atoms with Crippen LogP contribution in [-0.4, -0.2) is 42.9 Å². The van der Waals surface area contributed by atoms with E-state index in [-0.39, 0.29) is 0 Å². The summed E-state index contributed by atoms with van der Waals surface area (Å²) in [6.45, 7) is 4.22. The van der Waals surface area contributed by atoms with Crippen molar-refractivity contribution in [3.8, 4) is 5.75 Å². The number of anilines is 1. The van der Waals surface area contributed by atoms with Crippen LogP contribution in [0, 0.1) is 5.92 Å². The van der Waals surface area contributed by atoms with Crippen molar-refractivity contribution in [2.75, 3.05) is 38.6 Å². The monoisotopic (exact) mass is 250 g/mol. The van der Waals surface area contributed by atoms with Gasteiger partial charge >= 0.3 is 0 Å². The van der Waals surface area contributed by atoms with E-state index in [1.807, 2.05) is 24.3 Å². The maximum atomic E-state index is 9.06. The molecule has 1 atom stereocenters. The van der Waals surface area contributed by atoms with E-state index in [9.17, 15) is 0 Å². The highest BCUT2D eigenvalue weighted by atomic mass is 16.5. The van der Waals surface area contributed by atoms with Gasteiger partial charge in [0.15, 0.2) is 0 Å². The van der Waals surface area contributed by atoms with E-state index in [0.717, 1.165) is 50.5 Å². The van der Waals surface area contributed by atoms with Gasteiger partial charge in [0.05, 0.1) is 6.61 Å². The van der Waals surface area contributed by atoms with Crippen molar-refractivity contribution in [2.24, 2.45) is 5.92 Å². The Labute approximate surface area is 108 Å². The number of nitrogens with two attached hydrogens (primary N) is 1. The number of benzene rings is 1. The van der Waals surface area contributed by atoms with Crippen LogP contribution in [-0.2, 0) is 0 Å². The Morgan fingerprint density at radius 2 is 2.11 bits per heavy atom. The lowest BCUT2D eigenvalue weighted by Gasteiger charge is -2.15. The zero-order chi connectivity index (χ0) is 12.8. The largest absolute Gasteiger partial charge is 0.494 e. The highest BCUT2D eigenvalue weighted by Crippen LogP contribution is 2.16. The second-order valence-corrected chi connectivity index (χ2v) is 4.91. The average Bonchev–Trinajstić information content (AvgIpc) is 2.85. The molecule has 0 saturated carbocycles. The molecule has 0 amide bonds. The Balaban J connectivity index is 1.60. The fraction of sp³-hybridized carbons (Fsp3) is 0.571. The lowest BCUT2D eigenvalue weighted by molar-refractivity contribution is 0.215. The first-order chi connectivity index (χ1) is 8.78. The van der Waals surface area contributed by atoms with Crippen molar-refractivity contribution >= 4 is 5.69 Å². The van der Waals surface area contributed by atoms with Crippen molar-refractivity contribution in [1.82, 2.24) is 4.90 Å². The van der Waals surface area contributed by atoms with Crippen LogP contribution in [0.15, 0.2) is 24.3 Å². The molecular formula is C14H22N2O2. The van der Waals surface area contributed by atoms with Crippen LogP contribution in [0.5, 0.6) is 5.75 Å². The number of hydrogen-bond donors (Lipinski definition) is 2. The summed E-state index contributed by atoms with van der Waals surface area (Å²) in [4.78, 5) is 2.40. The van der Waals surface area contributed by atoms with Crippen LogP contribution in [0.4, 0.5) is 5.69 Å². The average molecular weight is 250 g/mol. The molecule has 4 heteroatoms. The van der Waals surface area contributed by atoms with Crippen molar-refractivity contribution in [1.29, 1.82) is 0 Å². The van der Waals surface area contributed by atoms with Gasteiger partial charge < -0.3 is 20.5 Å². The quantitative estimate of drug-likeness (QED) is 0.591. The number of ether oxygens (including phenoxy) is 1. The summed E-state index contributed by atoms with van der Waals surface area (Å²) in [6, 6.07) is 7.49. The lowest BCUT2D eigenvalue weighted by atomic mass is 10.1. The number of nitrogen functional groups attached to an aromatic ring is 1. The fourth-order valence-electron chi connectivity index (χ4n) is 2.31. The Bertz CT molecular complexity index is 353. The van der Waals surface area contributed by atoms with Gasteiger partial charge in [0.1, 0.15) is 5.75 Å². The molecule has 3 N–H and O–H groups in total. The van der Waals surface area contributed by atoms with Gasteiger partial charge in [0.2, 0.25) is 0 Å². The number of likely N-dealkylation sites (tertiary alicyclic amines) is 1. The molecule has 0 aromatic heterocycles. The van der Waals surface area contributed by atoms with Gasteiger partial charge in [-0.3, -0.25) is 0 Å². The molecule has 1 unspecified atom stereocenters. The van der Waals surface area contributed by atoms with Gasteiger partial charge in [-0.1, -0.05) is 0 Å². The Kier molecular flexibility index (Phi) is 4.84. The molecule has 1 fully saturated rings. The minimum absolute atomic E-state index is 0.318. The molecule has 1 aromatic rings. The lowest BCUT2D eigenvalue weighted by Crippen LogP contribution is -2.24. The highest BCUT2D eigenvalue weighted by molar-refractivity contribution is 5.41. The SMILES string of the molecule is Nc1ccc(OCCCN2CCC(CO)C2)cc1. The molecule has 0 bridgehead atoms. The van der Waals surface area contributed by atoms with Crippen LogP contribution in [0.3, 0.4) is 0 Å². The van der Waals surface area contributed by atoms with E-state index in [4.69, 9.17) is 15.6 Å². The molecule has 1 aliphatic rings. The normalized spacial score (nSPS) is 20.2. The predicted octanol–water partition coefficient (Wildman–Crippen LogP) is 1.35. The maximum Gasteiger partial charge on any atom is 0.119 e. The molecule has 0 radical (unpaired) electrons. The molecule has 1 aliphatic heterocycles. The number of aliphatic hydroxyl groups excluding tert-OH is 1. The van der Waals surface area contributed by atoms with Gasteiger partial charge in [0, 0.05) is 25.4 Å². The Morgan fingerprint density at radius 3 is 2.78 bits per heavy atom. The highest BCUT2D eigenvalue weighted by Gasteiger charge is 2.20. The Hall–Kier alpha value is -1.26. The van der Waals surface area contributed by atoms with Crippen molar-refractivity contribution in [3.05, 3.63) is 24.3 Å². The van der Waals surface area contributed by atoms with Crippen LogP contribution < -0.4 is 10.5 Å². The summed E-state index contributed by atoms with van der Waals surface area (Å²) < 4.78 is 5.64. The molecule has 1 heterocycles. The first-order valence-electron chi connectivity index (χ1n) is 6.59. The van der Waals surface area contributed by atoms with Crippen LogP contribution in [0.1, 0.15) is 12.8 Å². The second kappa shape index (κ2) is 6.61. The molecule has 1 aromatic carbocycles. The van der Waals surface area contributed by atoms with E-state index in [1.54, 1.807) is 0 Å². The third-order valence-corrected chi connectivity index (χ3v) is 3.40. The van der Waals surface area contributed by atoms with Gasteiger partial charge in [-0.05, 0) is 49.6 Å². The first-order valence-corrected chi connectivity index (χ1v) is 6.59. The third-order valence-electron chi connectivity index (χ3n) is 3.40. The minimum atomic E-state index is 0.318. The molecule has 0 aliphatic carbocycles. The smallest absolute Gasteiger partial charge is 0.119 e. The zero-order valence-electron chi connectivity index (χ0n) is 10.7. The second-order valence-electron chi connectivity index (χ2n) is 4.91. The number of rotatable bonds is 6. The van der Waals surface area contributed by atoms with E-state index >= 15 is 0 Å². The summed E-state index contributed by atoms with van der Waals surface area (Å²) in [5.74, 6) is 1.35. The summed E-state index contributed by atoms with van der Waals surface area (Å²) in [6.07, 6.45) is 2.14. The van der Waals surface area contributed by atoms with Crippen molar-refractivity contribution in [2.45, 2.75) is 12.8 Å². The summed E-state index contributed by atoms with van der Waals surface area (Å²) in [5, 5.41) is 9.06. The maximum absolute atomic E-state index is 9.06. The molecule has 2 rings (SSSR count). The topological polar surface area (TPSA) is 58.7 Å². The van der Waals surface area contributed by atoms with E-state index < -0.39 is 0 Å². The number of hydrogen-bond acceptors (Lipinski definition) is 4. The van der Waals surface area contributed by atoms with Gasteiger partial charge in [-0.25, -0.2) is 0 Å². The molecule has 1 saturated heterocycles. The van der Waals surface area contributed by atoms with Crippen LogP contribution >= 0.6 is 0 Å². The van der Waals surface area contributed by atoms with E-state index in [2.05, 4.69) is 4.90 Å². The predicted molar refractivity (Wildman–Crippen MR) is 72.6 cm³/mol. The molecule has 100 valence electrons. The molecular weight excluding hydrogens is 228 g/mol. The molecule has 4 nitrogen and oxygen atoms in total. The summed E-state index contributed by atoms with van der Waals surface area (Å²) >= 11 is 0. The standard InChI is InChI=1S/C14H22N2O2/c15-13-2-4-14(5-3-13)18-9-1-7-16-8-6-12(10-16)11-17/h2-5,12,17H,1,6-11,15H2. The van der Waals surface area contributed by atoms with Gasteiger partial charge in [-0.15, -0.1) is 0 Å². The fourth-order valence-corrected chi connectivity index (χ4v) is 2.31. The van der Waals surface area contributed by atoms with Crippen LogP contribution in [0.2, 0.25) is 0 Å². The first kappa shape index (κ1) is 13.2. The van der Waals surface area contributed by atoms with Crippen molar-refractivity contribution in [3.63, 3.8) is 0 Å². The summed E-state index contributed by atoms with van der Waals surface area (Å²) in [5.41, 5.74) is 6.37. The third kappa shape index (κ3) is 3.89. The number of aliphatic hydroxyl groups is 1. The number of nitrogens with zero attached hydrogens (tertiary/aromatic N) is 1. The van der Waals surface area contributed by atoms with Gasteiger partial charge in [0.25, 0.3) is 0 Å².